The highest BCUT2D eigenvalue weighted by Gasteiger charge is 2.18. The van der Waals surface area contributed by atoms with Crippen LogP contribution in [0.3, 0.4) is 0 Å². The molecule has 0 aliphatic heterocycles. The zero-order valence-electron chi connectivity index (χ0n) is 16.6. The number of para-hydroxylation sites is 1. The smallest absolute Gasteiger partial charge is 0.306 e. The number of carbonyl (C=O) groups is 2. The lowest BCUT2D eigenvalue weighted by molar-refractivity contribution is -0.384. The van der Waals surface area contributed by atoms with Gasteiger partial charge in [0.25, 0.3) is 11.6 Å². The van der Waals surface area contributed by atoms with Crippen molar-refractivity contribution < 1.29 is 19.2 Å². The Labute approximate surface area is 172 Å². The third kappa shape index (κ3) is 5.98. The molecule has 10 heteroatoms. The summed E-state index contributed by atoms with van der Waals surface area (Å²) >= 11 is 1.45. The molecule has 0 spiro atoms. The van der Waals surface area contributed by atoms with Crippen LogP contribution in [0.4, 0.5) is 11.4 Å². The van der Waals surface area contributed by atoms with Crippen molar-refractivity contribution in [1.82, 2.24) is 9.97 Å². The number of nitro benzene ring substituents is 1. The molecule has 0 aliphatic rings. The number of rotatable bonds is 8. The van der Waals surface area contributed by atoms with E-state index in [-0.39, 0.29) is 17.8 Å². The van der Waals surface area contributed by atoms with Crippen LogP contribution in [0.25, 0.3) is 0 Å². The highest BCUT2D eigenvalue weighted by Crippen LogP contribution is 2.27. The molecule has 29 heavy (non-hydrogen) atoms. The molecule has 9 nitrogen and oxygen atoms in total. The first kappa shape index (κ1) is 22.3. The van der Waals surface area contributed by atoms with Crippen molar-refractivity contribution in [1.29, 1.82) is 0 Å². The number of hydrogen-bond acceptors (Lipinski definition) is 8. The summed E-state index contributed by atoms with van der Waals surface area (Å²) in [7, 11) is 0. The molecule has 2 rings (SSSR count). The van der Waals surface area contributed by atoms with Gasteiger partial charge in [0.05, 0.1) is 4.92 Å². The number of ether oxygens (including phenoxy) is 1. The first-order valence-corrected chi connectivity index (χ1v) is 10.0. The first-order chi connectivity index (χ1) is 13.7. The molecule has 154 valence electrons. The van der Waals surface area contributed by atoms with E-state index in [0.29, 0.717) is 17.1 Å². The van der Waals surface area contributed by atoms with Crippen molar-refractivity contribution in [3.05, 3.63) is 50.8 Å². The van der Waals surface area contributed by atoms with Crippen LogP contribution in [0.5, 0.6) is 0 Å². The van der Waals surface area contributed by atoms with Gasteiger partial charge in [0.2, 0.25) is 0 Å². The van der Waals surface area contributed by atoms with Crippen molar-refractivity contribution in [3.63, 3.8) is 0 Å². The van der Waals surface area contributed by atoms with Gasteiger partial charge in [-0.2, -0.15) is 0 Å². The van der Waals surface area contributed by atoms with E-state index < -0.39 is 23.4 Å². The summed E-state index contributed by atoms with van der Waals surface area (Å²) in [5.41, 5.74) is 2.90. The Bertz CT molecular complexity index is 925. The summed E-state index contributed by atoms with van der Waals surface area (Å²) < 4.78 is 5.00. The average Bonchev–Trinajstić information content (AvgIpc) is 2.66. The maximum absolute atomic E-state index is 12.1. The Morgan fingerprint density at radius 3 is 2.45 bits per heavy atom. The van der Waals surface area contributed by atoms with E-state index in [1.165, 1.54) is 23.9 Å². The standard InChI is InChI=1S/C19H22N4O5S/c1-11-6-5-7-15(23(26)27)18(11)22-16(24)10-28-17(25)9-8-14-12(2)20-19(29-4)21-13(14)3/h5-7H,8-10H2,1-4H3,(H,22,24). The number of nitrogens with zero attached hydrogens (tertiary/aromatic N) is 3. The number of carbonyl (C=O) groups excluding carboxylic acids is 2. The quantitative estimate of drug-likeness (QED) is 0.228. The lowest BCUT2D eigenvalue weighted by Gasteiger charge is -2.11. The van der Waals surface area contributed by atoms with Gasteiger partial charge in [0.15, 0.2) is 11.8 Å². The fourth-order valence-electron chi connectivity index (χ4n) is 2.75. The van der Waals surface area contributed by atoms with Crippen LogP contribution in [0.15, 0.2) is 23.4 Å². The Hall–Kier alpha value is -3.01. The van der Waals surface area contributed by atoms with Gasteiger partial charge < -0.3 is 10.1 Å². The number of anilines is 1. The predicted molar refractivity (Wildman–Crippen MR) is 109 cm³/mol. The molecular formula is C19H22N4O5S. The average molecular weight is 418 g/mol. The van der Waals surface area contributed by atoms with Gasteiger partial charge in [0, 0.05) is 23.9 Å². The molecule has 0 bridgehead atoms. The summed E-state index contributed by atoms with van der Waals surface area (Å²) in [6, 6.07) is 4.47. The van der Waals surface area contributed by atoms with E-state index in [0.717, 1.165) is 17.0 Å². The van der Waals surface area contributed by atoms with Gasteiger partial charge in [-0.15, -0.1) is 0 Å². The second-order valence-electron chi connectivity index (χ2n) is 6.29. The molecule has 0 radical (unpaired) electrons. The van der Waals surface area contributed by atoms with Gasteiger partial charge in [-0.1, -0.05) is 23.9 Å². The Balaban J connectivity index is 1.91. The van der Waals surface area contributed by atoms with Gasteiger partial charge in [0.1, 0.15) is 5.69 Å². The van der Waals surface area contributed by atoms with E-state index in [4.69, 9.17) is 4.74 Å². The minimum atomic E-state index is -0.643. The monoisotopic (exact) mass is 418 g/mol. The highest BCUT2D eigenvalue weighted by atomic mass is 32.2. The minimum Gasteiger partial charge on any atom is -0.456 e. The molecular weight excluding hydrogens is 396 g/mol. The highest BCUT2D eigenvalue weighted by molar-refractivity contribution is 7.98. The van der Waals surface area contributed by atoms with Crippen molar-refractivity contribution in [2.75, 3.05) is 18.2 Å². The second kappa shape index (κ2) is 9.97. The molecule has 1 heterocycles. The lowest BCUT2D eigenvalue weighted by atomic mass is 10.1. The maximum atomic E-state index is 12.1. The molecule has 1 amide bonds. The Morgan fingerprint density at radius 1 is 1.21 bits per heavy atom. The molecule has 0 saturated heterocycles. The first-order valence-electron chi connectivity index (χ1n) is 8.80. The molecule has 1 N–H and O–H groups in total. The van der Waals surface area contributed by atoms with Gasteiger partial charge >= 0.3 is 5.97 Å². The number of esters is 1. The maximum Gasteiger partial charge on any atom is 0.306 e. The Kier molecular flexibility index (Phi) is 7.66. The van der Waals surface area contributed by atoms with Crippen LogP contribution in [0.2, 0.25) is 0 Å². The summed E-state index contributed by atoms with van der Waals surface area (Å²) in [6.07, 6.45) is 2.36. The van der Waals surface area contributed by atoms with Crippen molar-refractivity contribution in [3.8, 4) is 0 Å². The third-order valence-electron chi connectivity index (χ3n) is 4.24. The number of nitrogens with one attached hydrogen (secondary N) is 1. The zero-order valence-corrected chi connectivity index (χ0v) is 17.5. The van der Waals surface area contributed by atoms with Crippen LogP contribution in [0, 0.1) is 30.9 Å². The number of aromatic nitrogens is 2. The normalized spacial score (nSPS) is 10.5. The van der Waals surface area contributed by atoms with Crippen LogP contribution >= 0.6 is 11.8 Å². The number of hydrogen-bond donors (Lipinski definition) is 1. The fourth-order valence-corrected chi connectivity index (χ4v) is 3.21. The predicted octanol–water partition coefficient (Wildman–Crippen LogP) is 3.15. The topological polar surface area (TPSA) is 124 Å². The largest absolute Gasteiger partial charge is 0.456 e. The van der Waals surface area contributed by atoms with Crippen molar-refractivity contribution in [2.45, 2.75) is 38.8 Å². The molecule has 0 atom stereocenters. The molecule has 0 aliphatic carbocycles. The van der Waals surface area contributed by atoms with Crippen LogP contribution in [-0.2, 0) is 20.7 Å². The molecule has 1 aromatic carbocycles. The zero-order chi connectivity index (χ0) is 21.6. The van der Waals surface area contributed by atoms with Gasteiger partial charge in [-0.25, -0.2) is 9.97 Å². The van der Waals surface area contributed by atoms with E-state index in [1.54, 1.807) is 13.0 Å². The van der Waals surface area contributed by atoms with Crippen LogP contribution in [0.1, 0.15) is 28.9 Å². The van der Waals surface area contributed by atoms with Gasteiger partial charge in [-0.05, 0) is 44.6 Å². The molecule has 0 unspecified atom stereocenters. The van der Waals surface area contributed by atoms with Crippen molar-refractivity contribution in [2.24, 2.45) is 0 Å². The van der Waals surface area contributed by atoms with Crippen LogP contribution < -0.4 is 5.32 Å². The Morgan fingerprint density at radius 2 is 1.86 bits per heavy atom. The third-order valence-corrected chi connectivity index (χ3v) is 4.79. The summed E-state index contributed by atoms with van der Waals surface area (Å²) in [6.45, 7) is 4.84. The molecule has 2 aromatic rings. The van der Waals surface area contributed by atoms with E-state index in [1.807, 2.05) is 20.1 Å². The number of nitro groups is 1. The lowest BCUT2D eigenvalue weighted by Crippen LogP contribution is -2.22. The number of thioether (sulfide) groups is 1. The van der Waals surface area contributed by atoms with E-state index in [2.05, 4.69) is 15.3 Å². The SMILES string of the molecule is CSc1nc(C)c(CCC(=O)OCC(=O)Nc2c(C)cccc2[N+](=O)[O-])c(C)n1. The minimum absolute atomic E-state index is 0.0709. The second-order valence-corrected chi connectivity index (χ2v) is 7.07. The van der Waals surface area contributed by atoms with Crippen LogP contribution in [-0.4, -0.2) is 39.6 Å². The van der Waals surface area contributed by atoms with E-state index in [9.17, 15) is 19.7 Å². The summed E-state index contributed by atoms with van der Waals surface area (Å²) in [5.74, 6) is -1.19. The summed E-state index contributed by atoms with van der Waals surface area (Å²) in [5, 5.41) is 14.2. The van der Waals surface area contributed by atoms with Gasteiger partial charge in [-0.3, -0.25) is 19.7 Å². The molecule has 0 saturated carbocycles. The fraction of sp³-hybridized carbons (Fsp3) is 0.368. The van der Waals surface area contributed by atoms with E-state index >= 15 is 0 Å². The molecule has 0 fully saturated rings. The molecule has 1 aromatic heterocycles. The number of amides is 1. The number of aryl methyl sites for hydroxylation is 3. The van der Waals surface area contributed by atoms with Crippen molar-refractivity contribution >= 4 is 35.0 Å². The number of benzene rings is 1. The summed E-state index contributed by atoms with van der Waals surface area (Å²) in [4.78, 5) is 43.3.